The zero-order valence-corrected chi connectivity index (χ0v) is 11.0. The van der Waals surface area contributed by atoms with Gasteiger partial charge in [-0.05, 0) is 35.0 Å². The molecule has 1 aromatic carbocycles. The van der Waals surface area contributed by atoms with Crippen molar-refractivity contribution in [2.75, 3.05) is 0 Å². The summed E-state index contributed by atoms with van der Waals surface area (Å²) in [6.45, 7) is 1.63. The molecule has 0 saturated heterocycles. The fourth-order valence-corrected chi connectivity index (χ4v) is 1.75. The predicted octanol–water partition coefficient (Wildman–Crippen LogP) is 3.85. The van der Waals surface area contributed by atoms with Gasteiger partial charge in [-0.15, -0.1) is 0 Å². The van der Waals surface area contributed by atoms with E-state index in [0.717, 1.165) is 4.47 Å². The fraction of sp³-hybridized carbons (Fsp3) is 0.0833. The largest absolute Gasteiger partial charge is 0.438 e. The number of nitrogens with zero attached hydrogens (tertiary/aromatic N) is 2. The van der Waals surface area contributed by atoms with Crippen LogP contribution in [0, 0.1) is 17.0 Å². The van der Waals surface area contributed by atoms with Crippen LogP contribution >= 0.6 is 15.9 Å². The predicted molar refractivity (Wildman–Crippen MR) is 69.8 cm³/mol. The number of rotatable bonds is 3. The first kappa shape index (κ1) is 12.5. The van der Waals surface area contributed by atoms with E-state index in [0.29, 0.717) is 11.3 Å². The van der Waals surface area contributed by atoms with Crippen LogP contribution in [-0.2, 0) is 0 Å². The van der Waals surface area contributed by atoms with Crippen LogP contribution in [0.2, 0.25) is 0 Å². The van der Waals surface area contributed by atoms with E-state index in [1.54, 1.807) is 13.0 Å². The first-order chi connectivity index (χ1) is 8.58. The normalized spacial score (nSPS) is 10.1. The van der Waals surface area contributed by atoms with E-state index in [2.05, 4.69) is 20.9 Å². The molecule has 0 aliphatic carbocycles. The van der Waals surface area contributed by atoms with Gasteiger partial charge in [0.25, 0.3) is 5.69 Å². The van der Waals surface area contributed by atoms with Crippen LogP contribution in [0.25, 0.3) is 0 Å². The molecule has 1 aromatic heterocycles. The molecule has 0 fully saturated rings. The minimum Gasteiger partial charge on any atom is -0.438 e. The number of benzene rings is 1. The Labute approximate surface area is 112 Å². The minimum absolute atomic E-state index is 0.00736. The zero-order chi connectivity index (χ0) is 13.1. The number of aryl methyl sites for hydroxylation is 1. The van der Waals surface area contributed by atoms with Gasteiger partial charge in [0, 0.05) is 11.8 Å². The Morgan fingerprint density at radius 3 is 2.78 bits per heavy atom. The van der Waals surface area contributed by atoms with Crippen molar-refractivity contribution in [3.63, 3.8) is 0 Å². The summed E-state index contributed by atoms with van der Waals surface area (Å²) in [4.78, 5) is 14.4. The van der Waals surface area contributed by atoms with E-state index in [-0.39, 0.29) is 11.6 Å². The summed E-state index contributed by atoms with van der Waals surface area (Å²) in [5.41, 5.74) is 0.492. The van der Waals surface area contributed by atoms with Gasteiger partial charge in [0.1, 0.15) is 5.75 Å². The SMILES string of the molecule is Cc1cnc(Oc2ccccc2Br)cc1[N+](=O)[O-]. The van der Waals surface area contributed by atoms with Crippen molar-refractivity contribution in [3.05, 3.63) is 56.7 Å². The molecule has 0 aliphatic heterocycles. The zero-order valence-electron chi connectivity index (χ0n) is 9.46. The van der Waals surface area contributed by atoms with Crippen molar-refractivity contribution in [3.8, 4) is 11.6 Å². The van der Waals surface area contributed by atoms with E-state index < -0.39 is 4.92 Å². The molecule has 0 amide bonds. The van der Waals surface area contributed by atoms with Crippen LogP contribution in [0.4, 0.5) is 5.69 Å². The van der Waals surface area contributed by atoms with Crippen LogP contribution in [0.5, 0.6) is 11.6 Å². The molecule has 0 N–H and O–H groups in total. The highest BCUT2D eigenvalue weighted by atomic mass is 79.9. The fourth-order valence-electron chi connectivity index (χ4n) is 1.39. The summed E-state index contributed by atoms with van der Waals surface area (Å²) < 4.78 is 6.25. The van der Waals surface area contributed by atoms with Crippen LogP contribution < -0.4 is 4.74 Å². The third-order valence-electron chi connectivity index (χ3n) is 2.30. The first-order valence-corrected chi connectivity index (χ1v) is 5.90. The lowest BCUT2D eigenvalue weighted by atomic mass is 10.2. The number of halogens is 1. The smallest absolute Gasteiger partial charge is 0.279 e. The lowest BCUT2D eigenvalue weighted by Crippen LogP contribution is -1.95. The molecule has 0 bridgehead atoms. The van der Waals surface area contributed by atoms with Gasteiger partial charge >= 0.3 is 0 Å². The standard InChI is InChI=1S/C12H9BrN2O3/c1-8-7-14-12(6-10(8)15(16)17)18-11-5-3-2-4-9(11)13/h2-7H,1H3. The topological polar surface area (TPSA) is 65.3 Å². The van der Waals surface area contributed by atoms with E-state index >= 15 is 0 Å². The molecular formula is C12H9BrN2O3. The molecule has 2 rings (SSSR count). The molecule has 5 nitrogen and oxygen atoms in total. The van der Waals surface area contributed by atoms with Gasteiger partial charge in [0.05, 0.1) is 15.5 Å². The molecule has 6 heteroatoms. The summed E-state index contributed by atoms with van der Waals surface area (Å²) in [5, 5.41) is 10.8. The summed E-state index contributed by atoms with van der Waals surface area (Å²) in [6.07, 6.45) is 1.42. The Bertz CT molecular complexity index is 602. The van der Waals surface area contributed by atoms with Crippen molar-refractivity contribution in [1.82, 2.24) is 4.98 Å². The molecule has 0 radical (unpaired) electrons. The van der Waals surface area contributed by atoms with E-state index in [9.17, 15) is 10.1 Å². The summed E-state index contributed by atoms with van der Waals surface area (Å²) >= 11 is 3.33. The van der Waals surface area contributed by atoms with Crippen molar-refractivity contribution in [1.29, 1.82) is 0 Å². The van der Waals surface area contributed by atoms with Crippen molar-refractivity contribution < 1.29 is 9.66 Å². The Balaban J connectivity index is 2.33. The molecule has 92 valence electrons. The van der Waals surface area contributed by atoms with Crippen molar-refractivity contribution in [2.24, 2.45) is 0 Å². The number of pyridine rings is 1. The Hall–Kier alpha value is -1.95. The lowest BCUT2D eigenvalue weighted by molar-refractivity contribution is -0.385. The molecule has 0 spiro atoms. The summed E-state index contributed by atoms with van der Waals surface area (Å²) in [6, 6.07) is 8.54. The van der Waals surface area contributed by atoms with E-state index in [4.69, 9.17) is 4.74 Å². The summed E-state index contributed by atoms with van der Waals surface area (Å²) in [5.74, 6) is 0.752. The molecule has 0 aliphatic rings. The van der Waals surface area contributed by atoms with Crippen LogP contribution in [-0.4, -0.2) is 9.91 Å². The molecule has 1 heterocycles. The molecule has 0 unspecified atom stereocenters. The van der Waals surface area contributed by atoms with Crippen LogP contribution in [0.15, 0.2) is 41.0 Å². The summed E-state index contributed by atoms with van der Waals surface area (Å²) in [7, 11) is 0. The molecule has 0 saturated carbocycles. The van der Waals surface area contributed by atoms with Gasteiger partial charge in [-0.25, -0.2) is 4.98 Å². The Morgan fingerprint density at radius 2 is 2.11 bits per heavy atom. The average molecular weight is 309 g/mol. The molecule has 0 atom stereocenters. The Kier molecular flexibility index (Phi) is 3.57. The van der Waals surface area contributed by atoms with Crippen molar-refractivity contribution >= 4 is 21.6 Å². The van der Waals surface area contributed by atoms with Crippen molar-refractivity contribution in [2.45, 2.75) is 6.92 Å². The monoisotopic (exact) mass is 308 g/mol. The second kappa shape index (κ2) is 5.14. The highest BCUT2D eigenvalue weighted by Gasteiger charge is 2.13. The lowest BCUT2D eigenvalue weighted by Gasteiger charge is -2.06. The second-order valence-corrected chi connectivity index (χ2v) is 4.45. The third kappa shape index (κ3) is 2.65. The number of aromatic nitrogens is 1. The first-order valence-electron chi connectivity index (χ1n) is 5.11. The van der Waals surface area contributed by atoms with Crippen LogP contribution in [0.3, 0.4) is 0 Å². The average Bonchev–Trinajstić information content (AvgIpc) is 2.34. The van der Waals surface area contributed by atoms with Gasteiger partial charge in [0.2, 0.25) is 5.88 Å². The van der Waals surface area contributed by atoms with Crippen LogP contribution in [0.1, 0.15) is 5.56 Å². The second-order valence-electron chi connectivity index (χ2n) is 3.60. The number of hydrogen-bond donors (Lipinski definition) is 0. The maximum absolute atomic E-state index is 10.8. The van der Waals surface area contributed by atoms with E-state index in [1.165, 1.54) is 12.3 Å². The Morgan fingerprint density at radius 1 is 1.39 bits per heavy atom. The van der Waals surface area contributed by atoms with Gasteiger partial charge in [-0.2, -0.15) is 0 Å². The minimum atomic E-state index is -0.454. The number of ether oxygens (including phenoxy) is 1. The van der Waals surface area contributed by atoms with Gasteiger partial charge in [-0.3, -0.25) is 10.1 Å². The van der Waals surface area contributed by atoms with Gasteiger partial charge in [0.15, 0.2) is 0 Å². The highest BCUT2D eigenvalue weighted by molar-refractivity contribution is 9.10. The molecule has 18 heavy (non-hydrogen) atoms. The van der Waals surface area contributed by atoms with E-state index in [1.807, 2.05) is 18.2 Å². The maximum atomic E-state index is 10.8. The quantitative estimate of drug-likeness (QED) is 0.638. The third-order valence-corrected chi connectivity index (χ3v) is 2.95. The molecule has 2 aromatic rings. The number of hydrogen-bond acceptors (Lipinski definition) is 4. The van der Waals surface area contributed by atoms with Gasteiger partial charge in [-0.1, -0.05) is 12.1 Å². The molecular weight excluding hydrogens is 300 g/mol. The number of nitro groups is 1. The maximum Gasteiger partial charge on any atom is 0.279 e. The van der Waals surface area contributed by atoms with Gasteiger partial charge < -0.3 is 4.74 Å². The number of para-hydroxylation sites is 1. The highest BCUT2D eigenvalue weighted by Crippen LogP contribution is 2.30.